The molecule has 1 aliphatic heterocycles. The third-order valence-electron chi connectivity index (χ3n) is 3.40. The number of carbonyl (C=O) groups excluding carboxylic acids is 2. The molecule has 1 heterocycles. The number of carbonyl (C=O) groups is 3. The van der Waals surface area contributed by atoms with E-state index in [2.05, 4.69) is 10.6 Å². The van der Waals surface area contributed by atoms with Crippen LogP contribution in [-0.2, 0) is 14.4 Å². The molecule has 3 N–H and O–H groups in total. The van der Waals surface area contributed by atoms with E-state index in [1.54, 1.807) is 0 Å². The molecule has 2 atom stereocenters. The fourth-order valence-corrected chi connectivity index (χ4v) is 2.39. The minimum Gasteiger partial charge on any atom is -0.482 e. The summed E-state index contributed by atoms with van der Waals surface area (Å²) in [6, 6.07) is 2.98. The molecule has 2 unspecified atom stereocenters. The number of nitrogens with one attached hydrogen (secondary N) is 2. The maximum atomic E-state index is 11.9. The van der Waals surface area contributed by atoms with Crippen LogP contribution in [0.5, 0.6) is 5.75 Å². The average Bonchev–Trinajstić information content (AvgIpc) is 3.20. The zero-order valence-corrected chi connectivity index (χ0v) is 11.4. The van der Waals surface area contributed by atoms with Gasteiger partial charge in [-0.05, 0) is 12.5 Å². The Morgan fingerprint density at radius 1 is 1.38 bits per heavy atom. The number of rotatable bonds is 3. The van der Waals surface area contributed by atoms with Gasteiger partial charge in [0.25, 0.3) is 5.91 Å². The second-order valence-corrected chi connectivity index (χ2v) is 5.35. The Bertz CT molecular complexity index is 660. The number of fused-ring (bicyclic) bond motifs is 1. The highest BCUT2D eigenvalue weighted by Gasteiger charge is 2.48. The van der Waals surface area contributed by atoms with E-state index in [9.17, 15) is 14.4 Å². The lowest BCUT2D eigenvalue weighted by atomic mass is 10.2. The Balaban J connectivity index is 1.76. The minimum absolute atomic E-state index is 0.105. The second-order valence-electron chi connectivity index (χ2n) is 4.94. The highest BCUT2D eigenvalue weighted by Crippen LogP contribution is 2.41. The Labute approximate surface area is 124 Å². The summed E-state index contributed by atoms with van der Waals surface area (Å²) in [6.07, 6.45) is 0.330. The van der Waals surface area contributed by atoms with Crippen molar-refractivity contribution in [2.75, 3.05) is 17.2 Å². The van der Waals surface area contributed by atoms with Gasteiger partial charge in [0.05, 0.1) is 28.2 Å². The molecule has 0 spiro atoms. The maximum absolute atomic E-state index is 11.9. The number of hydrogen-bond acceptors (Lipinski definition) is 4. The van der Waals surface area contributed by atoms with E-state index in [0.29, 0.717) is 23.5 Å². The summed E-state index contributed by atoms with van der Waals surface area (Å²) in [5.74, 6) is -2.40. The number of aliphatic carboxylic acids is 1. The van der Waals surface area contributed by atoms with Crippen LogP contribution in [-0.4, -0.2) is 29.5 Å². The number of ether oxygens (including phenoxy) is 1. The molecule has 21 heavy (non-hydrogen) atoms. The van der Waals surface area contributed by atoms with Crippen LogP contribution in [0.3, 0.4) is 0 Å². The first-order valence-corrected chi connectivity index (χ1v) is 6.63. The third kappa shape index (κ3) is 2.64. The molecule has 0 aromatic heterocycles. The maximum Gasteiger partial charge on any atom is 0.307 e. The van der Waals surface area contributed by atoms with Crippen molar-refractivity contribution in [2.24, 2.45) is 11.8 Å². The summed E-state index contributed by atoms with van der Waals surface area (Å²) >= 11 is 6.04. The van der Waals surface area contributed by atoms with E-state index in [4.69, 9.17) is 21.4 Å². The quantitative estimate of drug-likeness (QED) is 0.781. The normalized spacial score (nSPS) is 22.6. The molecule has 0 bridgehead atoms. The lowest BCUT2D eigenvalue weighted by Gasteiger charge is -2.19. The van der Waals surface area contributed by atoms with Gasteiger partial charge in [-0.25, -0.2) is 0 Å². The summed E-state index contributed by atoms with van der Waals surface area (Å²) in [5, 5.41) is 14.2. The predicted molar refractivity (Wildman–Crippen MR) is 73.4 cm³/mol. The van der Waals surface area contributed by atoms with E-state index in [0.717, 1.165) is 0 Å². The monoisotopic (exact) mass is 310 g/mol. The first-order valence-electron chi connectivity index (χ1n) is 6.25. The van der Waals surface area contributed by atoms with Crippen LogP contribution in [0.2, 0.25) is 5.02 Å². The second kappa shape index (κ2) is 4.92. The fraction of sp³-hybridized carbons (Fsp3) is 0.308. The largest absolute Gasteiger partial charge is 0.482 e. The van der Waals surface area contributed by atoms with Gasteiger partial charge in [0, 0.05) is 6.07 Å². The van der Waals surface area contributed by atoms with Gasteiger partial charge in [0.2, 0.25) is 5.91 Å². The molecule has 3 rings (SSSR count). The van der Waals surface area contributed by atoms with Crippen LogP contribution >= 0.6 is 11.6 Å². The van der Waals surface area contributed by atoms with Gasteiger partial charge >= 0.3 is 5.97 Å². The highest BCUT2D eigenvalue weighted by atomic mass is 35.5. The average molecular weight is 311 g/mol. The van der Waals surface area contributed by atoms with Gasteiger partial charge in [-0.2, -0.15) is 0 Å². The van der Waals surface area contributed by atoms with Crippen LogP contribution < -0.4 is 15.4 Å². The van der Waals surface area contributed by atoms with E-state index < -0.39 is 17.8 Å². The van der Waals surface area contributed by atoms with Gasteiger partial charge in [-0.1, -0.05) is 11.6 Å². The standard InChI is InChI=1S/C13H11ClN2O5/c14-7-2-9-10(21-4-11(17)15-9)3-8(7)16-12(18)5-1-6(5)13(19)20/h2-3,5-6H,1,4H2,(H,15,17)(H,16,18)(H,19,20). The van der Waals surface area contributed by atoms with Crippen molar-refractivity contribution in [1.29, 1.82) is 0 Å². The van der Waals surface area contributed by atoms with Crippen LogP contribution in [0.4, 0.5) is 11.4 Å². The smallest absolute Gasteiger partial charge is 0.307 e. The van der Waals surface area contributed by atoms with Crippen LogP contribution in [0.25, 0.3) is 0 Å². The van der Waals surface area contributed by atoms with E-state index in [-0.39, 0.29) is 23.4 Å². The molecule has 0 saturated heterocycles. The molecule has 2 aliphatic rings. The predicted octanol–water partition coefficient (Wildman–Crippen LogP) is 1.33. The molecular weight excluding hydrogens is 300 g/mol. The Hall–Kier alpha value is -2.28. The molecule has 110 valence electrons. The lowest BCUT2D eigenvalue weighted by Crippen LogP contribution is -2.25. The zero-order chi connectivity index (χ0) is 15.1. The Morgan fingerprint density at radius 2 is 2.14 bits per heavy atom. The van der Waals surface area contributed by atoms with Crippen molar-refractivity contribution in [2.45, 2.75) is 6.42 Å². The van der Waals surface area contributed by atoms with Gasteiger partial charge in [0.1, 0.15) is 5.75 Å². The van der Waals surface area contributed by atoms with Crippen molar-refractivity contribution in [1.82, 2.24) is 0 Å². The lowest BCUT2D eigenvalue weighted by molar-refractivity contribution is -0.139. The molecule has 1 aromatic carbocycles. The third-order valence-corrected chi connectivity index (χ3v) is 3.72. The molecule has 1 aliphatic carbocycles. The van der Waals surface area contributed by atoms with E-state index in [1.165, 1.54) is 12.1 Å². The number of hydrogen-bond donors (Lipinski definition) is 3. The first-order chi connectivity index (χ1) is 9.95. The summed E-state index contributed by atoms with van der Waals surface area (Å²) in [4.78, 5) is 33.9. The Morgan fingerprint density at radius 3 is 2.81 bits per heavy atom. The number of anilines is 2. The molecule has 7 nitrogen and oxygen atoms in total. The fourth-order valence-electron chi connectivity index (χ4n) is 2.18. The Kier molecular flexibility index (Phi) is 3.21. The van der Waals surface area contributed by atoms with Crippen LogP contribution in [0.1, 0.15) is 6.42 Å². The topological polar surface area (TPSA) is 105 Å². The SMILES string of the molecule is O=C1COc2cc(NC(=O)C3CC3C(=O)O)c(Cl)cc2N1. The summed E-state index contributed by atoms with van der Waals surface area (Å²) in [7, 11) is 0. The van der Waals surface area contributed by atoms with Crippen molar-refractivity contribution in [3.8, 4) is 5.75 Å². The van der Waals surface area contributed by atoms with Crippen LogP contribution in [0, 0.1) is 11.8 Å². The molecule has 1 fully saturated rings. The molecule has 2 amide bonds. The first kappa shape index (κ1) is 13.7. The van der Waals surface area contributed by atoms with Gasteiger partial charge in [-0.3, -0.25) is 14.4 Å². The number of halogens is 1. The molecule has 8 heteroatoms. The summed E-state index contributed by atoms with van der Waals surface area (Å²) in [6.45, 7) is -0.105. The summed E-state index contributed by atoms with van der Waals surface area (Å²) < 4.78 is 5.23. The van der Waals surface area contributed by atoms with Gasteiger partial charge in [0.15, 0.2) is 6.61 Å². The number of carboxylic acids is 1. The number of amides is 2. The molecule has 1 saturated carbocycles. The van der Waals surface area contributed by atoms with Crippen LogP contribution in [0.15, 0.2) is 12.1 Å². The highest BCUT2D eigenvalue weighted by molar-refractivity contribution is 6.34. The summed E-state index contributed by atoms with van der Waals surface area (Å²) in [5.41, 5.74) is 0.761. The zero-order valence-electron chi connectivity index (χ0n) is 10.7. The van der Waals surface area contributed by atoms with Gasteiger partial charge in [-0.15, -0.1) is 0 Å². The van der Waals surface area contributed by atoms with E-state index >= 15 is 0 Å². The van der Waals surface area contributed by atoms with E-state index in [1.807, 2.05) is 0 Å². The number of benzene rings is 1. The van der Waals surface area contributed by atoms with Crippen molar-refractivity contribution >= 4 is 40.8 Å². The van der Waals surface area contributed by atoms with Crippen molar-refractivity contribution in [3.05, 3.63) is 17.2 Å². The molecule has 0 radical (unpaired) electrons. The van der Waals surface area contributed by atoms with Crippen molar-refractivity contribution in [3.63, 3.8) is 0 Å². The molecular formula is C13H11ClN2O5. The van der Waals surface area contributed by atoms with Crippen molar-refractivity contribution < 1.29 is 24.2 Å². The van der Waals surface area contributed by atoms with Gasteiger partial charge < -0.3 is 20.5 Å². The minimum atomic E-state index is -0.974. The number of carboxylic acid groups (broad SMARTS) is 1. The molecule has 1 aromatic rings.